The molecule has 0 amide bonds. The molecule has 1 aliphatic heterocycles. The molecule has 2 aliphatic rings. The third-order valence-corrected chi connectivity index (χ3v) is 4.37. The summed E-state index contributed by atoms with van der Waals surface area (Å²) < 4.78 is 0. The van der Waals surface area contributed by atoms with Gasteiger partial charge in [0.05, 0.1) is 0 Å². The van der Waals surface area contributed by atoms with Gasteiger partial charge in [-0.1, -0.05) is 19.3 Å². The number of nitrogens with one attached hydrogen (secondary N) is 2. The highest BCUT2D eigenvalue weighted by atomic mass is 32.1. The largest absolute Gasteiger partial charge is 0.361 e. The fraction of sp³-hybridized carbons (Fsp3) is 0.923. The molecule has 4 heteroatoms. The first kappa shape index (κ1) is 13.1. The Kier molecular flexibility index (Phi) is 5.04. The number of thiocarbonyl (C=S) groups is 1. The summed E-state index contributed by atoms with van der Waals surface area (Å²) in [7, 11) is 2.22. The van der Waals surface area contributed by atoms with Crippen molar-refractivity contribution in [3.63, 3.8) is 0 Å². The normalized spacial score (nSPS) is 27.0. The van der Waals surface area contributed by atoms with E-state index >= 15 is 0 Å². The molecule has 98 valence electrons. The smallest absolute Gasteiger partial charge is 0.166 e. The fourth-order valence-corrected chi connectivity index (χ4v) is 3.17. The summed E-state index contributed by atoms with van der Waals surface area (Å²) in [6, 6.07) is 1.28. The van der Waals surface area contributed by atoms with Gasteiger partial charge in [-0.25, -0.2) is 0 Å². The second kappa shape index (κ2) is 6.55. The molecule has 0 bridgehead atoms. The molecule has 0 radical (unpaired) electrons. The predicted octanol–water partition coefficient (Wildman–Crippen LogP) is 1.88. The van der Waals surface area contributed by atoms with Gasteiger partial charge in [-0.3, -0.25) is 0 Å². The molecule has 1 atom stereocenters. The topological polar surface area (TPSA) is 27.3 Å². The van der Waals surface area contributed by atoms with Crippen molar-refractivity contribution in [2.45, 2.75) is 57.0 Å². The van der Waals surface area contributed by atoms with Crippen LogP contribution in [0.1, 0.15) is 44.9 Å². The molecule has 0 spiro atoms. The van der Waals surface area contributed by atoms with Crippen LogP contribution < -0.4 is 10.6 Å². The first-order chi connectivity index (χ1) is 8.25. The summed E-state index contributed by atoms with van der Waals surface area (Å²) >= 11 is 5.36. The summed E-state index contributed by atoms with van der Waals surface area (Å²) in [5.74, 6) is 0. The molecule has 3 nitrogen and oxygen atoms in total. The first-order valence-corrected chi connectivity index (χ1v) is 7.41. The van der Waals surface area contributed by atoms with E-state index in [0.29, 0.717) is 12.1 Å². The highest BCUT2D eigenvalue weighted by molar-refractivity contribution is 7.80. The maximum absolute atomic E-state index is 5.36. The summed E-state index contributed by atoms with van der Waals surface area (Å²) in [4.78, 5) is 2.45. The van der Waals surface area contributed by atoms with E-state index in [0.717, 1.165) is 11.7 Å². The Morgan fingerprint density at radius 2 is 1.88 bits per heavy atom. The first-order valence-electron chi connectivity index (χ1n) is 7.00. The van der Waals surface area contributed by atoms with Gasteiger partial charge in [-0.2, -0.15) is 0 Å². The van der Waals surface area contributed by atoms with Crippen molar-refractivity contribution in [3.05, 3.63) is 0 Å². The van der Waals surface area contributed by atoms with Gasteiger partial charge < -0.3 is 15.5 Å². The van der Waals surface area contributed by atoms with E-state index < -0.39 is 0 Å². The molecule has 0 aromatic rings. The molecule has 2 fully saturated rings. The summed E-state index contributed by atoms with van der Waals surface area (Å²) in [6.45, 7) is 2.23. The minimum Gasteiger partial charge on any atom is -0.361 e. The molecular weight excluding hydrogens is 230 g/mol. The van der Waals surface area contributed by atoms with Crippen molar-refractivity contribution in [2.75, 3.05) is 20.1 Å². The maximum Gasteiger partial charge on any atom is 0.166 e. The number of hydrogen-bond acceptors (Lipinski definition) is 2. The van der Waals surface area contributed by atoms with E-state index in [1.165, 1.54) is 51.5 Å². The number of nitrogens with zero attached hydrogens (tertiary/aromatic N) is 1. The van der Waals surface area contributed by atoms with E-state index in [9.17, 15) is 0 Å². The molecular formula is C13H25N3S. The van der Waals surface area contributed by atoms with Crippen molar-refractivity contribution in [1.82, 2.24) is 15.5 Å². The van der Waals surface area contributed by atoms with E-state index in [2.05, 4.69) is 22.6 Å². The Morgan fingerprint density at radius 1 is 1.18 bits per heavy atom. The average Bonchev–Trinajstić information content (AvgIpc) is 2.81. The predicted molar refractivity (Wildman–Crippen MR) is 76.3 cm³/mol. The second-order valence-corrected chi connectivity index (χ2v) is 5.87. The number of piperidine rings is 1. The number of likely N-dealkylation sites (N-methyl/N-ethyl adjacent to an activating group) is 1. The van der Waals surface area contributed by atoms with Crippen molar-refractivity contribution in [3.8, 4) is 0 Å². The van der Waals surface area contributed by atoms with Crippen LogP contribution in [-0.2, 0) is 0 Å². The highest BCUT2D eigenvalue weighted by Crippen LogP contribution is 2.17. The lowest BCUT2D eigenvalue weighted by Gasteiger charge is -2.33. The summed E-state index contributed by atoms with van der Waals surface area (Å²) in [5, 5.41) is 7.68. The lowest BCUT2D eigenvalue weighted by Crippen LogP contribution is -2.48. The Balaban J connectivity index is 1.64. The van der Waals surface area contributed by atoms with Gasteiger partial charge in [-0.05, 0) is 51.5 Å². The van der Waals surface area contributed by atoms with Gasteiger partial charge in [0.15, 0.2) is 5.11 Å². The van der Waals surface area contributed by atoms with E-state index in [1.807, 2.05) is 0 Å². The molecule has 1 heterocycles. The molecule has 1 unspecified atom stereocenters. The summed E-state index contributed by atoms with van der Waals surface area (Å²) in [6.07, 6.45) is 9.28. The molecule has 1 saturated heterocycles. The summed E-state index contributed by atoms with van der Waals surface area (Å²) in [5.41, 5.74) is 0. The monoisotopic (exact) mass is 255 g/mol. The standard InChI is InChI=1S/C13H25N3S/c1-16-9-5-4-8-12(16)10-14-13(17)15-11-6-2-3-7-11/h11-12H,2-10H2,1H3,(H2,14,15,17). The number of likely N-dealkylation sites (tertiary alicyclic amines) is 1. The minimum atomic E-state index is 0.624. The Bertz CT molecular complexity index is 251. The van der Waals surface area contributed by atoms with Crippen LogP contribution in [0.15, 0.2) is 0 Å². The Labute approximate surface area is 110 Å². The van der Waals surface area contributed by atoms with Crippen molar-refractivity contribution < 1.29 is 0 Å². The van der Waals surface area contributed by atoms with Gasteiger partial charge in [0, 0.05) is 18.6 Å². The lowest BCUT2D eigenvalue weighted by molar-refractivity contribution is 0.186. The van der Waals surface area contributed by atoms with Crippen molar-refractivity contribution in [2.24, 2.45) is 0 Å². The fourth-order valence-electron chi connectivity index (χ4n) is 2.92. The molecule has 1 saturated carbocycles. The van der Waals surface area contributed by atoms with E-state index in [1.54, 1.807) is 0 Å². The number of rotatable bonds is 3. The van der Waals surface area contributed by atoms with Gasteiger partial charge in [0.25, 0.3) is 0 Å². The van der Waals surface area contributed by atoms with Crippen LogP contribution in [0, 0.1) is 0 Å². The third kappa shape index (κ3) is 4.11. The lowest BCUT2D eigenvalue weighted by atomic mass is 10.0. The molecule has 1 aliphatic carbocycles. The second-order valence-electron chi connectivity index (χ2n) is 5.47. The van der Waals surface area contributed by atoms with Gasteiger partial charge in [-0.15, -0.1) is 0 Å². The van der Waals surface area contributed by atoms with Crippen LogP contribution in [-0.4, -0.2) is 42.2 Å². The quantitative estimate of drug-likeness (QED) is 0.753. The molecule has 17 heavy (non-hydrogen) atoms. The zero-order valence-corrected chi connectivity index (χ0v) is 11.7. The SMILES string of the molecule is CN1CCCCC1CNC(=S)NC1CCCC1. The third-order valence-electron chi connectivity index (χ3n) is 4.11. The molecule has 2 rings (SSSR count). The van der Waals surface area contributed by atoms with Crippen LogP contribution in [0.3, 0.4) is 0 Å². The van der Waals surface area contributed by atoms with Gasteiger partial charge in [0.1, 0.15) is 0 Å². The average molecular weight is 255 g/mol. The zero-order valence-electron chi connectivity index (χ0n) is 10.9. The van der Waals surface area contributed by atoms with Crippen LogP contribution in [0.4, 0.5) is 0 Å². The molecule has 0 aromatic heterocycles. The van der Waals surface area contributed by atoms with Crippen LogP contribution in [0.25, 0.3) is 0 Å². The number of hydrogen-bond donors (Lipinski definition) is 2. The Hall–Kier alpha value is -0.350. The molecule has 2 N–H and O–H groups in total. The van der Waals surface area contributed by atoms with Crippen molar-refractivity contribution >= 4 is 17.3 Å². The zero-order chi connectivity index (χ0) is 12.1. The van der Waals surface area contributed by atoms with E-state index in [-0.39, 0.29) is 0 Å². The minimum absolute atomic E-state index is 0.624. The highest BCUT2D eigenvalue weighted by Gasteiger charge is 2.19. The van der Waals surface area contributed by atoms with Gasteiger partial charge in [0.2, 0.25) is 0 Å². The van der Waals surface area contributed by atoms with Crippen LogP contribution in [0.2, 0.25) is 0 Å². The van der Waals surface area contributed by atoms with E-state index in [4.69, 9.17) is 12.2 Å². The molecule has 0 aromatic carbocycles. The van der Waals surface area contributed by atoms with Crippen LogP contribution in [0.5, 0.6) is 0 Å². The van der Waals surface area contributed by atoms with Crippen LogP contribution >= 0.6 is 12.2 Å². The maximum atomic E-state index is 5.36. The van der Waals surface area contributed by atoms with Gasteiger partial charge >= 0.3 is 0 Å². The Morgan fingerprint density at radius 3 is 2.59 bits per heavy atom. The van der Waals surface area contributed by atoms with Crippen molar-refractivity contribution in [1.29, 1.82) is 0 Å².